The Morgan fingerprint density at radius 3 is 2.29 bits per heavy atom. The molecule has 0 bridgehead atoms. The molecular formula is C16H12F2O3. The molecule has 0 fully saturated rings. The van der Waals surface area contributed by atoms with Crippen LogP contribution in [0.25, 0.3) is 0 Å². The van der Waals surface area contributed by atoms with E-state index in [1.165, 1.54) is 12.1 Å². The SMILES string of the molecule is COC(=O)C(C(=O)c1ccccc1)c1ccc(F)cc1F. The highest BCUT2D eigenvalue weighted by Gasteiger charge is 2.32. The predicted molar refractivity (Wildman–Crippen MR) is 71.9 cm³/mol. The quantitative estimate of drug-likeness (QED) is 0.493. The second-order valence-corrected chi connectivity index (χ2v) is 4.35. The van der Waals surface area contributed by atoms with Crippen molar-refractivity contribution in [1.82, 2.24) is 0 Å². The first-order chi connectivity index (χ1) is 10.0. The molecule has 0 aliphatic carbocycles. The molecule has 0 heterocycles. The third kappa shape index (κ3) is 3.13. The average molecular weight is 290 g/mol. The number of Topliss-reactive ketones (excluding diaryl/α,β-unsaturated/α-hetero) is 1. The standard InChI is InChI=1S/C16H12F2O3/c1-21-16(20)14(12-8-7-11(17)9-13(12)18)15(19)10-5-3-2-4-6-10/h2-9,14H,1H3. The first-order valence-electron chi connectivity index (χ1n) is 6.16. The van der Waals surface area contributed by atoms with E-state index in [0.29, 0.717) is 6.07 Å². The van der Waals surface area contributed by atoms with E-state index in [2.05, 4.69) is 4.74 Å². The summed E-state index contributed by atoms with van der Waals surface area (Å²) in [6, 6.07) is 10.7. The molecule has 0 aromatic heterocycles. The zero-order valence-corrected chi connectivity index (χ0v) is 11.2. The maximum Gasteiger partial charge on any atom is 0.321 e. The highest BCUT2D eigenvalue weighted by molar-refractivity contribution is 6.12. The molecule has 21 heavy (non-hydrogen) atoms. The van der Waals surface area contributed by atoms with Crippen LogP contribution in [0.1, 0.15) is 21.8 Å². The van der Waals surface area contributed by atoms with Crippen LogP contribution in [0.2, 0.25) is 0 Å². The number of benzene rings is 2. The number of esters is 1. The van der Waals surface area contributed by atoms with Crippen LogP contribution in [-0.2, 0) is 9.53 Å². The molecule has 1 atom stereocenters. The van der Waals surface area contributed by atoms with Gasteiger partial charge in [-0.2, -0.15) is 0 Å². The molecule has 0 N–H and O–H groups in total. The van der Waals surface area contributed by atoms with E-state index >= 15 is 0 Å². The molecule has 108 valence electrons. The van der Waals surface area contributed by atoms with Crippen molar-refractivity contribution in [2.24, 2.45) is 0 Å². The summed E-state index contributed by atoms with van der Waals surface area (Å²) in [7, 11) is 1.11. The molecule has 0 spiro atoms. The fraction of sp³-hybridized carbons (Fsp3) is 0.125. The Morgan fingerprint density at radius 2 is 1.71 bits per heavy atom. The number of carbonyl (C=O) groups is 2. The molecule has 1 unspecified atom stereocenters. The van der Waals surface area contributed by atoms with Gasteiger partial charge in [-0.25, -0.2) is 8.78 Å². The predicted octanol–water partition coefficient (Wildman–Crippen LogP) is 3.10. The van der Waals surface area contributed by atoms with E-state index in [-0.39, 0.29) is 11.1 Å². The van der Waals surface area contributed by atoms with Gasteiger partial charge in [-0.3, -0.25) is 9.59 Å². The number of ketones is 1. The number of carbonyl (C=O) groups excluding carboxylic acids is 2. The molecule has 2 aromatic carbocycles. The van der Waals surface area contributed by atoms with E-state index in [1.54, 1.807) is 18.2 Å². The highest BCUT2D eigenvalue weighted by atomic mass is 19.1. The van der Waals surface area contributed by atoms with E-state index in [1.807, 2.05) is 0 Å². The molecule has 0 aliphatic heterocycles. The zero-order valence-electron chi connectivity index (χ0n) is 11.2. The van der Waals surface area contributed by atoms with Gasteiger partial charge in [-0.15, -0.1) is 0 Å². The van der Waals surface area contributed by atoms with E-state index in [0.717, 1.165) is 19.2 Å². The Kier molecular flexibility index (Phi) is 4.42. The maximum atomic E-state index is 13.9. The smallest absolute Gasteiger partial charge is 0.321 e. The van der Waals surface area contributed by atoms with Gasteiger partial charge in [0.1, 0.15) is 17.6 Å². The lowest BCUT2D eigenvalue weighted by atomic mass is 9.90. The normalized spacial score (nSPS) is 11.8. The number of methoxy groups -OCH3 is 1. The zero-order chi connectivity index (χ0) is 15.4. The maximum absolute atomic E-state index is 13.9. The second-order valence-electron chi connectivity index (χ2n) is 4.35. The lowest BCUT2D eigenvalue weighted by molar-refractivity contribution is -0.141. The Morgan fingerprint density at radius 1 is 1.05 bits per heavy atom. The summed E-state index contributed by atoms with van der Waals surface area (Å²) in [5.41, 5.74) is 0.0359. The molecule has 0 saturated carbocycles. The molecule has 2 rings (SSSR count). The van der Waals surface area contributed by atoms with Crippen molar-refractivity contribution in [2.75, 3.05) is 7.11 Å². The van der Waals surface area contributed by atoms with E-state index < -0.39 is 29.3 Å². The molecule has 0 saturated heterocycles. The van der Waals surface area contributed by atoms with Crippen LogP contribution in [0.5, 0.6) is 0 Å². The van der Waals surface area contributed by atoms with Gasteiger partial charge in [-0.1, -0.05) is 36.4 Å². The monoisotopic (exact) mass is 290 g/mol. The van der Waals surface area contributed by atoms with Gasteiger partial charge in [0.05, 0.1) is 7.11 Å². The number of rotatable bonds is 4. The van der Waals surface area contributed by atoms with Crippen molar-refractivity contribution >= 4 is 11.8 Å². The number of hydrogen-bond donors (Lipinski definition) is 0. The Balaban J connectivity index is 2.49. The highest BCUT2D eigenvalue weighted by Crippen LogP contribution is 2.25. The van der Waals surface area contributed by atoms with E-state index in [9.17, 15) is 18.4 Å². The molecular weight excluding hydrogens is 278 g/mol. The fourth-order valence-electron chi connectivity index (χ4n) is 2.00. The van der Waals surface area contributed by atoms with Crippen LogP contribution in [0.15, 0.2) is 48.5 Å². The van der Waals surface area contributed by atoms with Gasteiger partial charge in [0, 0.05) is 17.2 Å². The van der Waals surface area contributed by atoms with Crippen molar-refractivity contribution in [2.45, 2.75) is 5.92 Å². The average Bonchev–Trinajstić information content (AvgIpc) is 2.50. The summed E-state index contributed by atoms with van der Waals surface area (Å²) in [4.78, 5) is 24.3. The molecule has 0 amide bonds. The van der Waals surface area contributed by atoms with Gasteiger partial charge >= 0.3 is 5.97 Å². The minimum absolute atomic E-state index is 0.211. The Bertz CT molecular complexity index is 668. The molecule has 5 heteroatoms. The summed E-state index contributed by atoms with van der Waals surface area (Å²) in [6.07, 6.45) is 0. The third-order valence-electron chi connectivity index (χ3n) is 3.03. The van der Waals surface area contributed by atoms with Gasteiger partial charge in [0.25, 0.3) is 0 Å². The molecule has 0 aliphatic rings. The lowest BCUT2D eigenvalue weighted by Gasteiger charge is -2.15. The van der Waals surface area contributed by atoms with Crippen molar-refractivity contribution in [3.05, 3.63) is 71.3 Å². The summed E-state index contributed by atoms with van der Waals surface area (Å²) in [5.74, 6) is -4.71. The summed E-state index contributed by atoms with van der Waals surface area (Å²) >= 11 is 0. The topological polar surface area (TPSA) is 43.4 Å². The number of hydrogen-bond acceptors (Lipinski definition) is 3. The Labute approximate surface area is 120 Å². The molecule has 3 nitrogen and oxygen atoms in total. The second kappa shape index (κ2) is 6.26. The van der Waals surface area contributed by atoms with Gasteiger partial charge < -0.3 is 4.74 Å². The van der Waals surface area contributed by atoms with Gasteiger partial charge in [-0.05, 0) is 6.07 Å². The number of halogens is 2. The van der Waals surface area contributed by atoms with Crippen LogP contribution in [0, 0.1) is 11.6 Å². The van der Waals surface area contributed by atoms with Crippen molar-refractivity contribution in [1.29, 1.82) is 0 Å². The van der Waals surface area contributed by atoms with Crippen LogP contribution in [0.4, 0.5) is 8.78 Å². The van der Waals surface area contributed by atoms with Gasteiger partial charge in [0.15, 0.2) is 5.78 Å². The minimum atomic E-state index is -1.46. The third-order valence-corrected chi connectivity index (χ3v) is 3.03. The van der Waals surface area contributed by atoms with Gasteiger partial charge in [0.2, 0.25) is 0 Å². The first-order valence-corrected chi connectivity index (χ1v) is 6.16. The fourth-order valence-corrected chi connectivity index (χ4v) is 2.00. The van der Waals surface area contributed by atoms with Crippen molar-refractivity contribution in [3.8, 4) is 0 Å². The van der Waals surface area contributed by atoms with Crippen LogP contribution >= 0.6 is 0 Å². The van der Waals surface area contributed by atoms with Crippen LogP contribution in [-0.4, -0.2) is 18.9 Å². The minimum Gasteiger partial charge on any atom is -0.468 e. The van der Waals surface area contributed by atoms with E-state index in [4.69, 9.17) is 0 Å². The largest absolute Gasteiger partial charge is 0.468 e. The molecule has 0 radical (unpaired) electrons. The lowest BCUT2D eigenvalue weighted by Crippen LogP contribution is -2.24. The summed E-state index contributed by atoms with van der Waals surface area (Å²) < 4.78 is 31.4. The Hall–Kier alpha value is -2.56. The van der Waals surface area contributed by atoms with Crippen molar-refractivity contribution in [3.63, 3.8) is 0 Å². The summed E-state index contributed by atoms with van der Waals surface area (Å²) in [5, 5.41) is 0. The number of ether oxygens (including phenoxy) is 1. The van der Waals surface area contributed by atoms with Crippen LogP contribution < -0.4 is 0 Å². The first kappa shape index (κ1) is 14.8. The summed E-state index contributed by atoms with van der Waals surface area (Å²) in [6.45, 7) is 0. The molecule has 2 aromatic rings. The van der Waals surface area contributed by atoms with Crippen molar-refractivity contribution < 1.29 is 23.1 Å². The van der Waals surface area contributed by atoms with Crippen LogP contribution in [0.3, 0.4) is 0 Å².